The maximum Gasteiger partial charge on any atom is 0.282 e. The SMILES string of the molecule is Cc1nc2ccc(Cl)cc2c(=O)n1/N=C\c1ccc(Br)cc1. The number of aromatic nitrogens is 2. The Hall–Kier alpha value is -1.98. The molecule has 0 aliphatic heterocycles. The summed E-state index contributed by atoms with van der Waals surface area (Å²) in [5, 5.41) is 5.19. The van der Waals surface area contributed by atoms with Gasteiger partial charge in [0.2, 0.25) is 0 Å². The van der Waals surface area contributed by atoms with Crippen molar-refractivity contribution in [3.05, 3.63) is 73.7 Å². The number of aryl methyl sites for hydroxylation is 1. The Morgan fingerprint density at radius 1 is 1.23 bits per heavy atom. The van der Waals surface area contributed by atoms with Gasteiger partial charge in [-0.3, -0.25) is 4.79 Å². The van der Waals surface area contributed by atoms with Crippen LogP contribution in [0.4, 0.5) is 0 Å². The highest BCUT2D eigenvalue weighted by Crippen LogP contribution is 2.15. The van der Waals surface area contributed by atoms with Gasteiger partial charge in [-0.25, -0.2) is 4.98 Å². The van der Waals surface area contributed by atoms with Crippen molar-refractivity contribution in [3.63, 3.8) is 0 Å². The van der Waals surface area contributed by atoms with E-state index in [1.807, 2.05) is 24.3 Å². The largest absolute Gasteiger partial charge is 0.282 e. The fraction of sp³-hybridized carbons (Fsp3) is 0.0625. The van der Waals surface area contributed by atoms with E-state index in [2.05, 4.69) is 26.0 Å². The summed E-state index contributed by atoms with van der Waals surface area (Å²) in [7, 11) is 0. The molecular formula is C16H11BrClN3O. The minimum Gasteiger partial charge on any atom is -0.267 e. The molecule has 3 aromatic rings. The molecular weight excluding hydrogens is 366 g/mol. The topological polar surface area (TPSA) is 47.2 Å². The summed E-state index contributed by atoms with van der Waals surface area (Å²) in [6, 6.07) is 12.7. The van der Waals surface area contributed by atoms with E-state index < -0.39 is 0 Å². The Labute approximate surface area is 140 Å². The molecule has 1 heterocycles. The zero-order valence-corrected chi connectivity index (χ0v) is 14.0. The minimum absolute atomic E-state index is 0.238. The molecule has 0 saturated heterocycles. The molecule has 2 aromatic carbocycles. The van der Waals surface area contributed by atoms with Crippen molar-refractivity contribution >= 4 is 44.6 Å². The lowest BCUT2D eigenvalue weighted by atomic mass is 10.2. The standard InChI is InChI=1S/C16H11BrClN3O/c1-10-20-15-7-6-13(18)8-14(15)16(22)21(10)19-9-11-2-4-12(17)5-3-11/h2-9H,1H3/b19-9-. The van der Waals surface area contributed by atoms with Crippen molar-refractivity contribution in [2.75, 3.05) is 0 Å². The summed E-state index contributed by atoms with van der Waals surface area (Å²) in [5.41, 5.74) is 1.26. The van der Waals surface area contributed by atoms with E-state index in [0.29, 0.717) is 21.7 Å². The van der Waals surface area contributed by atoms with Crippen molar-refractivity contribution < 1.29 is 0 Å². The van der Waals surface area contributed by atoms with E-state index in [9.17, 15) is 4.79 Å². The van der Waals surface area contributed by atoms with E-state index in [1.54, 1.807) is 31.3 Å². The first-order valence-corrected chi connectivity index (χ1v) is 7.70. The van der Waals surface area contributed by atoms with Crippen LogP contribution in [0.2, 0.25) is 5.02 Å². The number of hydrogen-bond acceptors (Lipinski definition) is 3. The van der Waals surface area contributed by atoms with Crippen molar-refractivity contribution in [3.8, 4) is 0 Å². The highest BCUT2D eigenvalue weighted by molar-refractivity contribution is 9.10. The molecule has 0 saturated carbocycles. The molecule has 3 rings (SSSR count). The number of halogens is 2. The molecule has 110 valence electrons. The third kappa shape index (κ3) is 2.96. The second kappa shape index (κ2) is 6.02. The van der Waals surface area contributed by atoms with Crippen molar-refractivity contribution in [2.24, 2.45) is 5.10 Å². The molecule has 0 aliphatic rings. The quantitative estimate of drug-likeness (QED) is 0.635. The van der Waals surface area contributed by atoms with Gasteiger partial charge in [0, 0.05) is 9.50 Å². The second-order valence-electron chi connectivity index (χ2n) is 4.73. The Bertz CT molecular complexity index is 933. The third-order valence-corrected chi connectivity index (χ3v) is 3.93. The fourth-order valence-corrected chi connectivity index (χ4v) is 2.51. The lowest BCUT2D eigenvalue weighted by Gasteiger charge is -2.05. The number of fused-ring (bicyclic) bond motifs is 1. The van der Waals surface area contributed by atoms with Crippen molar-refractivity contribution in [1.29, 1.82) is 0 Å². The van der Waals surface area contributed by atoms with Crippen LogP contribution in [0.3, 0.4) is 0 Å². The van der Waals surface area contributed by atoms with Gasteiger partial charge in [-0.2, -0.15) is 9.78 Å². The van der Waals surface area contributed by atoms with E-state index in [0.717, 1.165) is 10.0 Å². The molecule has 0 amide bonds. The molecule has 0 bridgehead atoms. The Balaban J connectivity index is 2.10. The van der Waals surface area contributed by atoms with Gasteiger partial charge < -0.3 is 0 Å². The first-order chi connectivity index (χ1) is 10.5. The van der Waals surface area contributed by atoms with Crippen molar-refractivity contribution in [2.45, 2.75) is 6.92 Å². The van der Waals surface area contributed by atoms with Crippen molar-refractivity contribution in [1.82, 2.24) is 9.66 Å². The van der Waals surface area contributed by atoms with Gasteiger partial charge in [0.25, 0.3) is 5.56 Å². The molecule has 4 nitrogen and oxygen atoms in total. The average Bonchev–Trinajstić information content (AvgIpc) is 2.50. The first-order valence-electron chi connectivity index (χ1n) is 6.53. The van der Waals surface area contributed by atoms with Gasteiger partial charge >= 0.3 is 0 Å². The monoisotopic (exact) mass is 375 g/mol. The first kappa shape index (κ1) is 14.9. The average molecular weight is 377 g/mol. The van der Waals surface area contributed by atoms with Gasteiger partial charge in [0.1, 0.15) is 5.82 Å². The van der Waals surface area contributed by atoms with Crippen LogP contribution in [0.5, 0.6) is 0 Å². The number of nitrogens with zero attached hydrogens (tertiary/aromatic N) is 3. The summed E-state index contributed by atoms with van der Waals surface area (Å²) in [5.74, 6) is 0.521. The van der Waals surface area contributed by atoms with Gasteiger partial charge in [0.15, 0.2) is 0 Å². The predicted octanol–water partition coefficient (Wildman–Crippen LogP) is 4.00. The van der Waals surface area contributed by atoms with E-state index >= 15 is 0 Å². The maximum atomic E-state index is 12.5. The minimum atomic E-state index is -0.238. The summed E-state index contributed by atoms with van der Waals surface area (Å²) < 4.78 is 2.26. The van der Waals surface area contributed by atoms with Gasteiger partial charge in [-0.15, -0.1) is 0 Å². The predicted molar refractivity (Wildman–Crippen MR) is 92.9 cm³/mol. The molecule has 6 heteroatoms. The maximum absolute atomic E-state index is 12.5. The van der Waals surface area contributed by atoms with E-state index in [-0.39, 0.29) is 5.56 Å². The number of benzene rings is 2. The lowest BCUT2D eigenvalue weighted by molar-refractivity contribution is 0.771. The Morgan fingerprint density at radius 2 is 1.95 bits per heavy atom. The molecule has 0 aliphatic carbocycles. The van der Waals surface area contributed by atoms with Crippen LogP contribution < -0.4 is 5.56 Å². The fourth-order valence-electron chi connectivity index (χ4n) is 2.07. The molecule has 0 atom stereocenters. The van der Waals surface area contributed by atoms with Crippen LogP contribution in [0.15, 0.2) is 56.8 Å². The van der Waals surface area contributed by atoms with E-state index in [1.165, 1.54) is 4.68 Å². The summed E-state index contributed by atoms with van der Waals surface area (Å²) >= 11 is 9.33. The summed E-state index contributed by atoms with van der Waals surface area (Å²) in [4.78, 5) is 16.9. The Morgan fingerprint density at radius 3 is 2.68 bits per heavy atom. The highest BCUT2D eigenvalue weighted by atomic mass is 79.9. The molecule has 0 N–H and O–H groups in total. The smallest absolute Gasteiger partial charge is 0.267 e. The Kier molecular flexibility index (Phi) is 4.09. The van der Waals surface area contributed by atoms with Crippen LogP contribution in [0.25, 0.3) is 10.9 Å². The zero-order chi connectivity index (χ0) is 15.7. The normalized spacial score (nSPS) is 11.4. The van der Waals surface area contributed by atoms with Crippen LogP contribution in [0, 0.1) is 6.92 Å². The molecule has 22 heavy (non-hydrogen) atoms. The van der Waals surface area contributed by atoms with Crippen LogP contribution in [-0.4, -0.2) is 15.9 Å². The molecule has 0 spiro atoms. The number of hydrogen-bond donors (Lipinski definition) is 0. The highest BCUT2D eigenvalue weighted by Gasteiger charge is 2.07. The number of rotatable bonds is 2. The van der Waals surface area contributed by atoms with Crippen LogP contribution in [0.1, 0.15) is 11.4 Å². The van der Waals surface area contributed by atoms with Gasteiger partial charge in [-0.1, -0.05) is 39.7 Å². The van der Waals surface area contributed by atoms with E-state index in [4.69, 9.17) is 11.6 Å². The molecule has 1 aromatic heterocycles. The van der Waals surface area contributed by atoms with Crippen LogP contribution in [-0.2, 0) is 0 Å². The van der Waals surface area contributed by atoms with Gasteiger partial charge in [-0.05, 0) is 42.8 Å². The molecule has 0 radical (unpaired) electrons. The summed E-state index contributed by atoms with van der Waals surface area (Å²) in [6.07, 6.45) is 1.62. The second-order valence-corrected chi connectivity index (χ2v) is 6.09. The lowest BCUT2D eigenvalue weighted by Crippen LogP contribution is -2.20. The van der Waals surface area contributed by atoms with Crippen LogP contribution >= 0.6 is 27.5 Å². The zero-order valence-electron chi connectivity index (χ0n) is 11.6. The summed E-state index contributed by atoms with van der Waals surface area (Å²) in [6.45, 7) is 1.74. The third-order valence-electron chi connectivity index (χ3n) is 3.16. The van der Waals surface area contributed by atoms with Gasteiger partial charge in [0.05, 0.1) is 17.1 Å². The molecule has 0 unspecified atom stereocenters. The molecule has 0 fully saturated rings.